The van der Waals surface area contributed by atoms with Crippen LogP contribution < -0.4 is 37.2 Å². The zero-order chi connectivity index (χ0) is 51.6. The standard InChI is InChI=1S/C46H55Cl6N7O12/c1-53-29(41(64)68-21-45(47,48)49)13-15-55-37(60)33-23-17-27(31(19-23)70-43(66)57-25-9-5-3-6-10-25)35(33)39(62)59-40(63)36-28-18-24(20-32(28)71-44(67)58-26-11-7-4-8-12-26)34(36)38(61)56-16-14-30(54-2)42(65)69-22-46(50,51)52/h3-12,23-24,27-36,53-54H,13-22H2,1-2H3,(H,55,60)(H,56,61)(H,57,66)(H,58,67)(H,59,62,63). The number of imide groups is 1. The maximum absolute atomic E-state index is 14.7. The van der Waals surface area contributed by atoms with Crippen LogP contribution in [0.2, 0.25) is 0 Å². The Kier molecular flexibility index (Phi) is 19.8. The number of carbonyl (C=O) groups excluding carboxylic acids is 8. The fourth-order valence-electron chi connectivity index (χ4n) is 10.4. The van der Waals surface area contributed by atoms with E-state index in [0.29, 0.717) is 24.2 Å². The molecule has 4 bridgehead atoms. The van der Waals surface area contributed by atoms with E-state index in [-0.39, 0.29) is 38.8 Å². The lowest BCUT2D eigenvalue weighted by Gasteiger charge is -2.36. The molecule has 2 aromatic rings. The number of hydrogen-bond donors (Lipinski definition) is 7. The maximum atomic E-state index is 14.7. The predicted octanol–water partition coefficient (Wildman–Crippen LogP) is 5.42. The number of benzene rings is 2. The van der Waals surface area contributed by atoms with Crippen LogP contribution in [0.1, 0.15) is 38.5 Å². The predicted molar refractivity (Wildman–Crippen MR) is 264 cm³/mol. The molecule has 19 nitrogen and oxygen atoms in total. The van der Waals surface area contributed by atoms with Crippen LogP contribution in [0, 0.1) is 47.3 Å². The van der Waals surface area contributed by atoms with E-state index in [1.807, 2.05) is 0 Å². The van der Waals surface area contributed by atoms with Crippen molar-refractivity contribution in [2.75, 3.05) is 51.0 Å². The number of nitrogens with one attached hydrogen (secondary N) is 7. The van der Waals surface area contributed by atoms with Crippen molar-refractivity contribution in [3.8, 4) is 0 Å². The number of para-hydroxylation sites is 2. The summed E-state index contributed by atoms with van der Waals surface area (Å²) in [5.41, 5.74) is 0.943. The third-order valence-corrected chi connectivity index (χ3v) is 14.0. The number of amides is 6. The first-order chi connectivity index (χ1) is 33.7. The third-order valence-electron chi connectivity index (χ3n) is 13.4. The molecule has 0 spiro atoms. The van der Waals surface area contributed by atoms with Gasteiger partial charge in [0.2, 0.25) is 31.2 Å². The van der Waals surface area contributed by atoms with Crippen molar-refractivity contribution in [1.82, 2.24) is 26.6 Å². The zero-order valence-corrected chi connectivity index (χ0v) is 43.0. The molecule has 4 aliphatic carbocycles. The minimum Gasteiger partial charge on any atom is -0.460 e. The van der Waals surface area contributed by atoms with E-state index in [2.05, 4.69) is 37.2 Å². The Morgan fingerprint density at radius 1 is 0.535 bits per heavy atom. The zero-order valence-electron chi connectivity index (χ0n) is 38.4. The number of hydrogen-bond acceptors (Lipinski definition) is 14. The summed E-state index contributed by atoms with van der Waals surface area (Å²) in [6.07, 6.45) is -2.00. The highest BCUT2D eigenvalue weighted by Crippen LogP contribution is 2.55. The molecule has 4 aliphatic rings. The smallest absolute Gasteiger partial charge is 0.411 e. The number of anilines is 2. The molecule has 7 N–H and O–H groups in total. The Bertz CT molecular complexity index is 2090. The van der Waals surface area contributed by atoms with Crippen LogP contribution in [0.4, 0.5) is 21.0 Å². The van der Waals surface area contributed by atoms with Crippen LogP contribution in [0.5, 0.6) is 0 Å². The number of halogens is 6. The second kappa shape index (κ2) is 25.1. The molecule has 12 atom stereocenters. The topological polar surface area (TPSA) is 258 Å². The van der Waals surface area contributed by atoms with Crippen molar-refractivity contribution < 1.29 is 57.3 Å². The lowest BCUT2D eigenvalue weighted by molar-refractivity contribution is -0.147. The minimum atomic E-state index is -1.84. The Balaban J connectivity index is 1.19. The van der Waals surface area contributed by atoms with E-state index >= 15 is 0 Å². The highest BCUT2D eigenvalue weighted by atomic mass is 35.6. The van der Waals surface area contributed by atoms with Crippen molar-refractivity contribution in [1.29, 1.82) is 0 Å². The first kappa shape index (κ1) is 56.0. The summed E-state index contributed by atoms with van der Waals surface area (Å²) in [6, 6.07) is 15.4. The second-order valence-electron chi connectivity index (χ2n) is 17.9. The van der Waals surface area contributed by atoms with Gasteiger partial charge in [-0.3, -0.25) is 44.7 Å². The Morgan fingerprint density at radius 2 is 0.901 bits per heavy atom. The summed E-state index contributed by atoms with van der Waals surface area (Å²) in [5.74, 6) is -10.9. The average molecular weight is 1110 g/mol. The summed E-state index contributed by atoms with van der Waals surface area (Å²) in [7, 11) is 3.02. The molecule has 71 heavy (non-hydrogen) atoms. The number of ether oxygens (including phenoxy) is 4. The third kappa shape index (κ3) is 15.4. The molecule has 0 aromatic heterocycles. The van der Waals surface area contributed by atoms with Gasteiger partial charge in [0.25, 0.3) is 0 Å². The number of esters is 2. The fraction of sp³-hybridized carbons (Fsp3) is 0.565. The fourth-order valence-corrected chi connectivity index (χ4v) is 10.8. The molecule has 2 aromatic carbocycles. The van der Waals surface area contributed by atoms with Crippen molar-refractivity contribution in [2.45, 2.75) is 70.4 Å². The Labute approximate surface area is 439 Å². The van der Waals surface area contributed by atoms with E-state index in [1.165, 1.54) is 14.1 Å². The van der Waals surface area contributed by atoms with E-state index in [9.17, 15) is 38.4 Å². The summed E-state index contributed by atoms with van der Waals surface area (Å²) < 4.78 is 18.2. The van der Waals surface area contributed by atoms with Gasteiger partial charge in [-0.1, -0.05) is 106 Å². The summed E-state index contributed by atoms with van der Waals surface area (Å²) >= 11 is 34.4. The lowest BCUT2D eigenvalue weighted by atomic mass is 9.75. The normalized spacial score (nSPS) is 26.0. The maximum Gasteiger partial charge on any atom is 0.411 e. The van der Waals surface area contributed by atoms with Gasteiger partial charge in [-0.25, -0.2) is 9.59 Å². The Morgan fingerprint density at radius 3 is 1.24 bits per heavy atom. The molecule has 0 saturated heterocycles. The van der Waals surface area contributed by atoms with Crippen molar-refractivity contribution in [3.63, 3.8) is 0 Å². The van der Waals surface area contributed by atoms with Crippen LogP contribution in [0.15, 0.2) is 60.7 Å². The van der Waals surface area contributed by atoms with Gasteiger partial charge < -0.3 is 40.2 Å². The van der Waals surface area contributed by atoms with Crippen LogP contribution in [-0.2, 0) is 47.7 Å². The quantitative estimate of drug-likeness (QED) is 0.0378. The molecule has 12 unspecified atom stereocenters. The second-order valence-corrected chi connectivity index (χ2v) is 22.9. The summed E-state index contributed by atoms with van der Waals surface area (Å²) in [4.78, 5) is 109. The molecule has 4 fully saturated rings. The largest absolute Gasteiger partial charge is 0.460 e. The van der Waals surface area contributed by atoms with Gasteiger partial charge in [-0.05, 0) is 88.7 Å². The van der Waals surface area contributed by atoms with Crippen molar-refractivity contribution in [3.05, 3.63) is 60.7 Å². The highest BCUT2D eigenvalue weighted by molar-refractivity contribution is 6.68. The molecule has 25 heteroatoms. The van der Waals surface area contributed by atoms with Gasteiger partial charge >= 0.3 is 24.1 Å². The van der Waals surface area contributed by atoms with Gasteiger partial charge in [0, 0.05) is 36.3 Å². The average Bonchev–Trinajstić information content (AvgIpc) is 4.10. The van der Waals surface area contributed by atoms with Gasteiger partial charge in [0.15, 0.2) is 0 Å². The molecule has 0 heterocycles. The lowest BCUT2D eigenvalue weighted by Crippen LogP contribution is -2.54. The molecular formula is C46H55Cl6N7O12. The number of alkyl halides is 6. The Hall–Kier alpha value is -4.34. The van der Waals surface area contributed by atoms with E-state index in [0.717, 1.165) is 0 Å². The van der Waals surface area contributed by atoms with E-state index < -0.39 is 140 Å². The number of likely N-dealkylation sites (N-methyl/N-ethyl adjacent to an activating group) is 2. The van der Waals surface area contributed by atoms with Crippen LogP contribution in [-0.4, -0.2) is 120 Å². The van der Waals surface area contributed by atoms with E-state index in [1.54, 1.807) is 60.7 Å². The summed E-state index contributed by atoms with van der Waals surface area (Å²) in [6.45, 7) is -1.09. The van der Waals surface area contributed by atoms with Crippen molar-refractivity contribution >= 4 is 129 Å². The SMILES string of the molecule is CNC(CCNC(=O)C1C2CC(OC(=O)Nc3ccccc3)C(C2)C1C(=O)NC(=O)C1C2CC(CC2OC(=O)Nc2ccccc2)C1C(=O)NCCC(NC)C(=O)OCC(Cl)(Cl)Cl)C(=O)OCC(Cl)(Cl)Cl. The molecule has 388 valence electrons. The van der Waals surface area contributed by atoms with Gasteiger partial charge in [-0.15, -0.1) is 0 Å². The molecule has 6 rings (SSSR count). The summed E-state index contributed by atoms with van der Waals surface area (Å²) in [5, 5.41) is 19.1. The molecule has 0 radical (unpaired) electrons. The monoisotopic (exact) mass is 1110 g/mol. The van der Waals surface area contributed by atoms with Crippen LogP contribution in [0.3, 0.4) is 0 Å². The van der Waals surface area contributed by atoms with Crippen LogP contribution >= 0.6 is 69.6 Å². The van der Waals surface area contributed by atoms with Crippen LogP contribution in [0.25, 0.3) is 0 Å². The number of rotatable bonds is 20. The highest BCUT2D eigenvalue weighted by Gasteiger charge is 2.62. The number of fused-ring (bicyclic) bond motifs is 4. The van der Waals surface area contributed by atoms with Gasteiger partial charge in [0.1, 0.15) is 37.5 Å². The first-order valence-corrected chi connectivity index (χ1v) is 25.2. The van der Waals surface area contributed by atoms with Gasteiger partial charge in [0.05, 0.1) is 23.7 Å². The minimum absolute atomic E-state index is 0.0415. The van der Waals surface area contributed by atoms with E-state index in [4.69, 9.17) is 88.6 Å². The molecule has 0 aliphatic heterocycles. The molecular weight excluding hydrogens is 1060 g/mol. The molecule has 6 amide bonds. The van der Waals surface area contributed by atoms with Crippen molar-refractivity contribution in [2.24, 2.45) is 47.3 Å². The number of carbonyl (C=O) groups is 8. The van der Waals surface area contributed by atoms with Gasteiger partial charge in [-0.2, -0.15) is 0 Å². The molecule has 4 saturated carbocycles. The first-order valence-electron chi connectivity index (χ1n) is 22.9.